The molecule has 0 saturated heterocycles. The Morgan fingerprint density at radius 2 is 2.08 bits per heavy atom. The Hall–Kier alpha value is 0.0500. The van der Waals surface area contributed by atoms with Gasteiger partial charge in [-0.2, -0.15) is 0 Å². The van der Waals surface area contributed by atoms with Gasteiger partial charge in [0.05, 0.1) is 0 Å². The van der Waals surface area contributed by atoms with Crippen LogP contribution in [0.3, 0.4) is 0 Å². The summed E-state index contributed by atoms with van der Waals surface area (Å²) in [7, 11) is 0. The Bertz CT molecular complexity index is 159. The van der Waals surface area contributed by atoms with Crippen molar-refractivity contribution in [2.24, 2.45) is 0 Å². The molecule has 0 atom stereocenters. The van der Waals surface area contributed by atoms with Gasteiger partial charge < -0.3 is 5.32 Å². The van der Waals surface area contributed by atoms with E-state index in [9.17, 15) is 0 Å². The molecule has 1 nitrogen and oxygen atoms in total. The summed E-state index contributed by atoms with van der Waals surface area (Å²) >= 11 is 1.79. The molecular formula is C11H21NS. The van der Waals surface area contributed by atoms with Crippen LogP contribution in [-0.4, -0.2) is 18.8 Å². The van der Waals surface area contributed by atoms with Crippen LogP contribution in [-0.2, 0) is 0 Å². The average molecular weight is 199 g/mol. The molecule has 0 unspecified atom stereocenters. The quantitative estimate of drug-likeness (QED) is 0.746. The van der Waals surface area contributed by atoms with Crippen LogP contribution in [0.5, 0.6) is 0 Å². The van der Waals surface area contributed by atoms with E-state index in [0.717, 1.165) is 12.6 Å². The van der Waals surface area contributed by atoms with Crippen molar-refractivity contribution in [3.05, 3.63) is 11.0 Å². The predicted molar refractivity (Wildman–Crippen MR) is 62.1 cm³/mol. The molecule has 1 rings (SSSR count). The summed E-state index contributed by atoms with van der Waals surface area (Å²) in [6, 6.07) is 0.791. The van der Waals surface area contributed by atoms with E-state index in [2.05, 4.69) is 23.9 Å². The lowest BCUT2D eigenvalue weighted by molar-refractivity contribution is 0.383. The van der Waals surface area contributed by atoms with E-state index < -0.39 is 0 Å². The van der Waals surface area contributed by atoms with Crippen molar-refractivity contribution in [1.29, 1.82) is 0 Å². The summed E-state index contributed by atoms with van der Waals surface area (Å²) in [6.45, 7) is 3.28. The molecule has 13 heavy (non-hydrogen) atoms. The lowest BCUT2D eigenvalue weighted by Gasteiger charge is -2.22. The van der Waals surface area contributed by atoms with Gasteiger partial charge in [0.15, 0.2) is 0 Å². The van der Waals surface area contributed by atoms with Crippen molar-refractivity contribution >= 4 is 11.8 Å². The highest BCUT2D eigenvalue weighted by molar-refractivity contribution is 8.01. The third kappa shape index (κ3) is 4.72. The Morgan fingerprint density at radius 1 is 1.38 bits per heavy atom. The molecule has 1 N–H and O–H groups in total. The summed E-state index contributed by atoms with van der Waals surface area (Å²) in [5, 5.41) is 5.86. The fraction of sp³-hybridized carbons (Fsp3) is 0.818. The van der Waals surface area contributed by atoms with Crippen LogP contribution in [0.4, 0.5) is 0 Å². The first-order valence-corrected chi connectivity index (χ1v) is 6.53. The first-order valence-electron chi connectivity index (χ1n) is 5.24. The Morgan fingerprint density at radius 3 is 2.69 bits per heavy atom. The average Bonchev–Trinajstić information content (AvgIpc) is 2.17. The topological polar surface area (TPSA) is 12.0 Å². The summed E-state index contributed by atoms with van der Waals surface area (Å²) in [4.78, 5) is 0. The van der Waals surface area contributed by atoms with E-state index in [1.165, 1.54) is 37.7 Å². The maximum atomic E-state index is 3.62. The van der Waals surface area contributed by atoms with Gasteiger partial charge in [-0.25, -0.2) is 0 Å². The standard InChI is InChI=1S/C11H21NS/c1-10(9-13-2)8-12-11-6-4-3-5-7-11/h9,11-12H,3-8H2,1-2H3/b10-9-. The lowest BCUT2D eigenvalue weighted by Crippen LogP contribution is -2.32. The van der Waals surface area contributed by atoms with Crippen molar-refractivity contribution < 1.29 is 0 Å². The van der Waals surface area contributed by atoms with Crippen LogP contribution in [0, 0.1) is 0 Å². The molecule has 0 aliphatic heterocycles. The molecule has 2 heteroatoms. The van der Waals surface area contributed by atoms with E-state index in [1.807, 2.05) is 0 Å². The molecule has 0 bridgehead atoms. The second-order valence-corrected chi connectivity index (χ2v) is 4.62. The van der Waals surface area contributed by atoms with Gasteiger partial charge in [0.25, 0.3) is 0 Å². The van der Waals surface area contributed by atoms with Crippen LogP contribution in [0.1, 0.15) is 39.0 Å². The van der Waals surface area contributed by atoms with Crippen molar-refractivity contribution in [2.45, 2.75) is 45.1 Å². The van der Waals surface area contributed by atoms with Gasteiger partial charge in [-0.1, -0.05) is 24.8 Å². The van der Waals surface area contributed by atoms with E-state index in [4.69, 9.17) is 0 Å². The smallest absolute Gasteiger partial charge is 0.0172 e. The van der Waals surface area contributed by atoms with Gasteiger partial charge in [-0.3, -0.25) is 0 Å². The van der Waals surface area contributed by atoms with Crippen molar-refractivity contribution in [3.8, 4) is 0 Å². The van der Waals surface area contributed by atoms with Crippen LogP contribution < -0.4 is 5.32 Å². The van der Waals surface area contributed by atoms with E-state index in [0.29, 0.717) is 0 Å². The number of nitrogens with one attached hydrogen (secondary N) is 1. The fourth-order valence-electron chi connectivity index (χ4n) is 1.85. The molecule has 1 aliphatic rings. The molecule has 0 aromatic rings. The minimum atomic E-state index is 0.791. The molecule has 0 radical (unpaired) electrons. The fourth-order valence-corrected chi connectivity index (χ4v) is 2.34. The maximum absolute atomic E-state index is 3.62. The minimum absolute atomic E-state index is 0.791. The molecule has 0 aromatic heterocycles. The van der Waals surface area contributed by atoms with Crippen LogP contribution in [0.15, 0.2) is 11.0 Å². The number of hydrogen-bond acceptors (Lipinski definition) is 2. The zero-order valence-electron chi connectivity index (χ0n) is 8.81. The third-order valence-corrected chi connectivity index (χ3v) is 3.23. The highest BCUT2D eigenvalue weighted by atomic mass is 32.2. The molecule has 0 heterocycles. The zero-order chi connectivity index (χ0) is 9.52. The van der Waals surface area contributed by atoms with Gasteiger partial charge in [-0.05, 0) is 31.4 Å². The molecule has 0 amide bonds. The zero-order valence-corrected chi connectivity index (χ0v) is 9.62. The second-order valence-electron chi connectivity index (χ2n) is 3.92. The maximum Gasteiger partial charge on any atom is 0.0172 e. The van der Waals surface area contributed by atoms with Gasteiger partial charge in [0, 0.05) is 12.6 Å². The highest BCUT2D eigenvalue weighted by Crippen LogP contribution is 2.17. The summed E-state index contributed by atoms with van der Waals surface area (Å²) < 4.78 is 0. The second kappa shape index (κ2) is 6.50. The molecule has 0 spiro atoms. The molecule has 1 aliphatic carbocycles. The van der Waals surface area contributed by atoms with Crippen molar-refractivity contribution in [2.75, 3.05) is 12.8 Å². The van der Waals surface area contributed by atoms with Crippen LogP contribution in [0.2, 0.25) is 0 Å². The SMILES string of the molecule is CS/C=C(/C)CNC1CCCCC1. The first-order chi connectivity index (χ1) is 6.33. The number of rotatable bonds is 4. The molecule has 1 saturated carbocycles. The first kappa shape index (κ1) is 11.1. The van der Waals surface area contributed by atoms with Gasteiger partial charge >= 0.3 is 0 Å². The molecule has 0 aromatic carbocycles. The minimum Gasteiger partial charge on any atom is -0.310 e. The molecule has 76 valence electrons. The van der Waals surface area contributed by atoms with Crippen LogP contribution in [0.25, 0.3) is 0 Å². The molecule has 1 fully saturated rings. The number of thioether (sulfide) groups is 1. The Balaban J connectivity index is 2.13. The Kier molecular flexibility index (Phi) is 5.56. The largest absolute Gasteiger partial charge is 0.310 e. The van der Waals surface area contributed by atoms with E-state index in [1.54, 1.807) is 11.8 Å². The summed E-state index contributed by atoms with van der Waals surface area (Å²) in [6.07, 6.45) is 9.16. The van der Waals surface area contributed by atoms with Crippen molar-refractivity contribution in [3.63, 3.8) is 0 Å². The Labute approximate surface area is 86.4 Å². The summed E-state index contributed by atoms with van der Waals surface area (Å²) in [5.41, 5.74) is 1.46. The monoisotopic (exact) mass is 199 g/mol. The van der Waals surface area contributed by atoms with Crippen molar-refractivity contribution in [1.82, 2.24) is 5.32 Å². The lowest BCUT2D eigenvalue weighted by atomic mass is 9.95. The third-order valence-electron chi connectivity index (χ3n) is 2.59. The van der Waals surface area contributed by atoms with E-state index >= 15 is 0 Å². The summed E-state index contributed by atoms with van der Waals surface area (Å²) in [5.74, 6) is 0. The van der Waals surface area contributed by atoms with Crippen LogP contribution >= 0.6 is 11.8 Å². The van der Waals surface area contributed by atoms with Gasteiger partial charge in [0.1, 0.15) is 0 Å². The van der Waals surface area contributed by atoms with Gasteiger partial charge in [0.2, 0.25) is 0 Å². The highest BCUT2D eigenvalue weighted by Gasteiger charge is 2.11. The van der Waals surface area contributed by atoms with Gasteiger partial charge in [-0.15, -0.1) is 11.8 Å². The number of hydrogen-bond donors (Lipinski definition) is 1. The predicted octanol–water partition coefficient (Wildman–Crippen LogP) is 3.18. The van der Waals surface area contributed by atoms with E-state index in [-0.39, 0.29) is 0 Å². The normalized spacial score (nSPS) is 20.6. The molecular weight excluding hydrogens is 178 g/mol.